The second kappa shape index (κ2) is 5.54. The van der Waals surface area contributed by atoms with Crippen molar-refractivity contribution in [1.29, 1.82) is 0 Å². The van der Waals surface area contributed by atoms with E-state index in [0.717, 1.165) is 6.54 Å². The minimum Gasteiger partial charge on any atom is -0.338 e. The van der Waals surface area contributed by atoms with Crippen molar-refractivity contribution < 1.29 is 4.79 Å². The SMILES string of the molecule is CCNC(=O)NCC1(c2ccsc2)CCCC1. The van der Waals surface area contributed by atoms with Gasteiger partial charge < -0.3 is 10.6 Å². The Morgan fingerprint density at radius 1 is 1.41 bits per heavy atom. The fourth-order valence-corrected chi connectivity index (χ4v) is 3.44. The van der Waals surface area contributed by atoms with E-state index in [-0.39, 0.29) is 11.4 Å². The molecule has 0 bridgehead atoms. The van der Waals surface area contributed by atoms with Crippen molar-refractivity contribution in [3.63, 3.8) is 0 Å². The molecule has 94 valence electrons. The molecular weight excluding hydrogens is 232 g/mol. The fraction of sp³-hybridized carbons (Fsp3) is 0.615. The first-order valence-corrected chi connectivity index (χ1v) is 7.25. The van der Waals surface area contributed by atoms with E-state index in [1.54, 1.807) is 11.3 Å². The summed E-state index contributed by atoms with van der Waals surface area (Å²) in [4.78, 5) is 11.5. The van der Waals surface area contributed by atoms with Crippen LogP contribution in [0.4, 0.5) is 4.79 Å². The molecule has 1 aromatic heterocycles. The summed E-state index contributed by atoms with van der Waals surface area (Å²) in [6.07, 6.45) is 4.92. The number of nitrogens with one attached hydrogen (secondary N) is 2. The minimum absolute atomic E-state index is 0.0472. The summed E-state index contributed by atoms with van der Waals surface area (Å²) < 4.78 is 0. The second-order valence-electron chi connectivity index (χ2n) is 4.71. The molecule has 1 aromatic rings. The lowest BCUT2D eigenvalue weighted by Gasteiger charge is -2.28. The standard InChI is InChI=1S/C13H20N2OS/c1-2-14-12(16)15-10-13(6-3-4-7-13)11-5-8-17-9-11/h5,8-9H,2-4,6-7,10H2,1H3,(H2,14,15,16). The summed E-state index contributed by atoms with van der Waals surface area (Å²) in [5.41, 5.74) is 1.59. The summed E-state index contributed by atoms with van der Waals surface area (Å²) in [7, 11) is 0. The lowest BCUT2D eigenvalue weighted by atomic mass is 9.80. The van der Waals surface area contributed by atoms with Crippen LogP contribution < -0.4 is 10.6 Å². The molecule has 4 heteroatoms. The van der Waals surface area contributed by atoms with Crippen LogP contribution in [0.1, 0.15) is 38.2 Å². The van der Waals surface area contributed by atoms with Crippen LogP contribution >= 0.6 is 11.3 Å². The van der Waals surface area contributed by atoms with Crippen molar-refractivity contribution in [2.45, 2.75) is 38.0 Å². The van der Waals surface area contributed by atoms with Gasteiger partial charge in [0.25, 0.3) is 0 Å². The molecule has 0 spiro atoms. The first kappa shape index (κ1) is 12.4. The summed E-state index contributed by atoms with van der Waals surface area (Å²) in [6.45, 7) is 3.37. The van der Waals surface area contributed by atoms with Crippen molar-refractivity contribution in [3.8, 4) is 0 Å². The molecule has 1 fully saturated rings. The molecule has 0 saturated heterocycles. The normalized spacial score (nSPS) is 17.9. The Balaban J connectivity index is 2.01. The zero-order chi connectivity index (χ0) is 12.1. The van der Waals surface area contributed by atoms with Crippen LogP contribution in [0.5, 0.6) is 0 Å². The molecule has 1 heterocycles. The maximum Gasteiger partial charge on any atom is 0.314 e. The topological polar surface area (TPSA) is 41.1 Å². The van der Waals surface area contributed by atoms with E-state index in [4.69, 9.17) is 0 Å². The van der Waals surface area contributed by atoms with Gasteiger partial charge >= 0.3 is 6.03 Å². The van der Waals surface area contributed by atoms with E-state index < -0.39 is 0 Å². The van der Waals surface area contributed by atoms with Crippen molar-refractivity contribution in [1.82, 2.24) is 10.6 Å². The molecule has 2 amide bonds. The number of urea groups is 1. The molecular formula is C13H20N2OS. The zero-order valence-electron chi connectivity index (χ0n) is 10.3. The Kier molecular flexibility index (Phi) is 4.05. The Morgan fingerprint density at radius 2 is 2.18 bits per heavy atom. The molecule has 1 saturated carbocycles. The number of amides is 2. The van der Waals surface area contributed by atoms with Gasteiger partial charge in [0, 0.05) is 18.5 Å². The summed E-state index contributed by atoms with van der Waals surface area (Å²) >= 11 is 1.74. The van der Waals surface area contributed by atoms with Crippen LogP contribution in [-0.2, 0) is 5.41 Å². The molecule has 3 nitrogen and oxygen atoms in total. The lowest BCUT2D eigenvalue weighted by molar-refractivity contribution is 0.237. The number of carbonyl (C=O) groups is 1. The van der Waals surface area contributed by atoms with E-state index >= 15 is 0 Å². The first-order valence-electron chi connectivity index (χ1n) is 6.31. The van der Waals surface area contributed by atoms with Gasteiger partial charge in [-0.15, -0.1) is 0 Å². The molecule has 0 aromatic carbocycles. The highest BCUT2D eigenvalue weighted by Gasteiger charge is 2.36. The summed E-state index contributed by atoms with van der Waals surface area (Å²) in [5.74, 6) is 0. The van der Waals surface area contributed by atoms with Gasteiger partial charge in [0.05, 0.1) is 0 Å². The summed E-state index contributed by atoms with van der Waals surface area (Å²) in [6, 6.07) is 2.16. The Bertz CT molecular complexity index is 356. The van der Waals surface area contributed by atoms with Gasteiger partial charge in [-0.3, -0.25) is 0 Å². The summed E-state index contributed by atoms with van der Waals surface area (Å²) in [5, 5.41) is 10.1. The molecule has 17 heavy (non-hydrogen) atoms. The van der Waals surface area contributed by atoms with Gasteiger partial charge in [-0.05, 0) is 42.2 Å². The molecule has 0 atom stereocenters. The predicted octanol–water partition coefficient (Wildman–Crippen LogP) is 2.88. The van der Waals surface area contributed by atoms with E-state index in [9.17, 15) is 4.79 Å². The average Bonchev–Trinajstić information content (AvgIpc) is 2.98. The third-order valence-electron chi connectivity index (χ3n) is 3.62. The lowest BCUT2D eigenvalue weighted by Crippen LogP contribution is -2.43. The van der Waals surface area contributed by atoms with Gasteiger partial charge in [-0.25, -0.2) is 4.79 Å². The van der Waals surface area contributed by atoms with Crippen LogP contribution in [-0.4, -0.2) is 19.1 Å². The predicted molar refractivity (Wildman–Crippen MR) is 71.5 cm³/mol. The van der Waals surface area contributed by atoms with E-state index in [1.165, 1.54) is 31.2 Å². The van der Waals surface area contributed by atoms with Crippen LogP contribution in [0, 0.1) is 0 Å². The third-order valence-corrected chi connectivity index (χ3v) is 4.30. The largest absolute Gasteiger partial charge is 0.338 e. The highest BCUT2D eigenvalue weighted by Crippen LogP contribution is 2.41. The van der Waals surface area contributed by atoms with Gasteiger partial charge in [0.15, 0.2) is 0 Å². The van der Waals surface area contributed by atoms with Crippen LogP contribution in [0.25, 0.3) is 0 Å². The highest BCUT2D eigenvalue weighted by atomic mass is 32.1. The van der Waals surface area contributed by atoms with E-state index in [2.05, 4.69) is 27.5 Å². The van der Waals surface area contributed by atoms with Gasteiger partial charge in [-0.1, -0.05) is 12.8 Å². The van der Waals surface area contributed by atoms with Crippen LogP contribution in [0.15, 0.2) is 16.8 Å². The molecule has 1 aliphatic rings. The van der Waals surface area contributed by atoms with Crippen LogP contribution in [0.3, 0.4) is 0 Å². The number of thiophene rings is 1. The quantitative estimate of drug-likeness (QED) is 0.850. The number of hydrogen-bond acceptors (Lipinski definition) is 2. The zero-order valence-corrected chi connectivity index (χ0v) is 11.1. The van der Waals surface area contributed by atoms with Crippen molar-refractivity contribution in [2.75, 3.05) is 13.1 Å². The first-order chi connectivity index (χ1) is 8.27. The second-order valence-corrected chi connectivity index (χ2v) is 5.49. The average molecular weight is 252 g/mol. The smallest absolute Gasteiger partial charge is 0.314 e. The molecule has 0 aliphatic heterocycles. The number of carbonyl (C=O) groups excluding carboxylic acids is 1. The van der Waals surface area contributed by atoms with Gasteiger partial charge in [0.1, 0.15) is 0 Å². The number of rotatable bonds is 4. The minimum atomic E-state index is -0.0472. The third kappa shape index (κ3) is 2.80. The van der Waals surface area contributed by atoms with Gasteiger partial charge in [-0.2, -0.15) is 11.3 Å². The van der Waals surface area contributed by atoms with Crippen LogP contribution in [0.2, 0.25) is 0 Å². The molecule has 2 rings (SSSR count). The van der Waals surface area contributed by atoms with Gasteiger partial charge in [0.2, 0.25) is 0 Å². The maximum absolute atomic E-state index is 11.5. The van der Waals surface area contributed by atoms with E-state index in [0.29, 0.717) is 6.54 Å². The Morgan fingerprint density at radius 3 is 2.76 bits per heavy atom. The van der Waals surface area contributed by atoms with Crippen molar-refractivity contribution in [2.24, 2.45) is 0 Å². The van der Waals surface area contributed by atoms with Crippen molar-refractivity contribution in [3.05, 3.63) is 22.4 Å². The molecule has 0 radical (unpaired) electrons. The molecule has 2 N–H and O–H groups in total. The Labute approximate surface area is 107 Å². The monoisotopic (exact) mass is 252 g/mol. The fourth-order valence-electron chi connectivity index (χ4n) is 2.66. The Hall–Kier alpha value is -1.03. The van der Waals surface area contributed by atoms with E-state index in [1.807, 2.05) is 6.92 Å². The maximum atomic E-state index is 11.5. The number of hydrogen-bond donors (Lipinski definition) is 2. The molecule has 0 unspecified atom stereocenters. The molecule has 1 aliphatic carbocycles. The highest BCUT2D eigenvalue weighted by molar-refractivity contribution is 7.08. The van der Waals surface area contributed by atoms with Crippen molar-refractivity contribution >= 4 is 17.4 Å².